The number of hydrogen-bond donors (Lipinski definition) is 2. The fraction of sp³-hybridized carbons (Fsp3) is 0.600. The average Bonchev–Trinajstić information content (AvgIpc) is 3.28. The smallest absolute Gasteiger partial charge is 0.241 e. The van der Waals surface area contributed by atoms with Gasteiger partial charge in [-0.15, -0.1) is 0 Å². The van der Waals surface area contributed by atoms with Crippen LogP contribution in [0.1, 0.15) is 43.7 Å². The molecule has 3 rings (SSSR count). The summed E-state index contributed by atoms with van der Waals surface area (Å²) >= 11 is 3.49. The van der Waals surface area contributed by atoms with E-state index in [9.17, 15) is 8.42 Å². The summed E-state index contributed by atoms with van der Waals surface area (Å²) in [6, 6.07) is 4.40. The van der Waals surface area contributed by atoms with Gasteiger partial charge in [-0.3, -0.25) is 0 Å². The Morgan fingerprint density at radius 3 is 2.57 bits per heavy atom. The molecule has 0 spiro atoms. The molecule has 1 aromatic rings. The van der Waals surface area contributed by atoms with Crippen LogP contribution in [0.5, 0.6) is 0 Å². The molecule has 2 fully saturated rings. The van der Waals surface area contributed by atoms with Crippen molar-refractivity contribution in [1.82, 2.24) is 10.0 Å². The maximum atomic E-state index is 12.6. The first-order valence-corrected chi connectivity index (χ1v) is 9.63. The first-order chi connectivity index (χ1) is 9.79. The van der Waals surface area contributed by atoms with Crippen molar-refractivity contribution in [2.75, 3.05) is 0 Å². The largest absolute Gasteiger partial charge is 0.310 e. The average molecular weight is 373 g/mol. The van der Waals surface area contributed by atoms with Gasteiger partial charge in [-0.2, -0.15) is 0 Å². The molecule has 2 aliphatic rings. The summed E-state index contributed by atoms with van der Waals surface area (Å²) in [6.45, 7) is 4.50. The Labute approximate surface area is 134 Å². The second-order valence-electron chi connectivity index (χ2n) is 6.52. The molecule has 116 valence electrons. The number of benzene rings is 1. The Bertz CT molecular complexity index is 664. The van der Waals surface area contributed by atoms with Crippen molar-refractivity contribution in [2.45, 2.75) is 62.6 Å². The minimum absolute atomic E-state index is 0.250. The quantitative estimate of drug-likeness (QED) is 0.806. The monoisotopic (exact) mass is 372 g/mol. The number of halogens is 1. The fourth-order valence-electron chi connectivity index (χ4n) is 2.31. The molecular weight excluding hydrogens is 352 g/mol. The van der Waals surface area contributed by atoms with Gasteiger partial charge in [-0.1, -0.05) is 15.9 Å². The van der Waals surface area contributed by atoms with Crippen molar-refractivity contribution in [3.05, 3.63) is 27.7 Å². The molecule has 0 aromatic heterocycles. The molecule has 21 heavy (non-hydrogen) atoms. The number of rotatable bonds is 6. The number of nitrogens with one attached hydrogen (secondary N) is 2. The second-order valence-corrected chi connectivity index (χ2v) is 9.03. The molecule has 0 radical (unpaired) electrons. The van der Waals surface area contributed by atoms with Crippen LogP contribution in [0.2, 0.25) is 0 Å². The van der Waals surface area contributed by atoms with Gasteiger partial charge in [0.05, 0.1) is 4.90 Å². The molecule has 0 amide bonds. The van der Waals surface area contributed by atoms with Crippen molar-refractivity contribution < 1.29 is 8.42 Å². The van der Waals surface area contributed by atoms with E-state index in [2.05, 4.69) is 26.0 Å². The van der Waals surface area contributed by atoms with Crippen molar-refractivity contribution >= 4 is 26.0 Å². The Balaban J connectivity index is 1.88. The van der Waals surface area contributed by atoms with Gasteiger partial charge in [0.1, 0.15) is 0 Å². The Morgan fingerprint density at radius 2 is 2.00 bits per heavy atom. The van der Waals surface area contributed by atoms with Crippen LogP contribution in [0, 0.1) is 6.92 Å². The molecule has 0 atom stereocenters. The molecule has 0 heterocycles. The Hall–Kier alpha value is -0.430. The highest BCUT2D eigenvalue weighted by atomic mass is 79.9. The standard InChI is InChI=1S/C15H21BrN2O2S/c1-10-13(16)7-11(9-17-12-3-4-12)8-14(10)21(19,20)18-15(2)5-6-15/h7-8,12,17-18H,3-6,9H2,1-2H3. The van der Waals surface area contributed by atoms with Gasteiger partial charge in [0, 0.05) is 22.6 Å². The molecule has 0 aliphatic heterocycles. The molecule has 6 heteroatoms. The van der Waals surface area contributed by atoms with Gasteiger partial charge < -0.3 is 5.32 Å². The van der Waals surface area contributed by atoms with Gasteiger partial charge >= 0.3 is 0 Å². The van der Waals surface area contributed by atoms with E-state index in [1.54, 1.807) is 6.07 Å². The highest BCUT2D eigenvalue weighted by Crippen LogP contribution is 2.37. The molecule has 0 unspecified atom stereocenters. The lowest BCUT2D eigenvalue weighted by Crippen LogP contribution is -2.34. The van der Waals surface area contributed by atoms with E-state index in [0.29, 0.717) is 17.5 Å². The lowest BCUT2D eigenvalue weighted by Gasteiger charge is -2.16. The van der Waals surface area contributed by atoms with Gasteiger partial charge in [0.25, 0.3) is 0 Å². The molecule has 2 aliphatic carbocycles. The predicted octanol–water partition coefficient (Wildman–Crippen LogP) is 2.84. The first-order valence-electron chi connectivity index (χ1n) is 7.35. The molecule has 0 bridgehead atoms. The van der Waals surface area contributed by atoms with E-state index in [4.69, 9.17) is 0 Å². The van der Waals surface area contributed by atoms with Crippen molar-refractivity contribution in [3.63, 3.8) is 0 Å². The van der Waals surface area contributed by atoms with Crippen LogP contribution in [0.15, 0.2) is 21.5 Å². The van der Waals surface area contributed by atoms with Crippen LogP contribution >= 0.6 is 15.9 Å². The van der Waals surface area contributed by atoms with Gasteiger partial charge in [-0.25, -0.2) is 13.1 Å². The minimum atomic E-state index is -3.46. The molecule has 0 saturated heterocycles. The van der Waals surface area contributed by atoms with E-state index in [0.717, 1.165) is 28.4 Å². The van der Waals surface area contributed by atoms with E-state index >= 15 is 0 Å². The topological polar surface area (TPSA) is 58.2 Å². The van der Waals surface area contributed by atoms with Crippen LogP contribution < -0.4 is 10.0 Å². The SMILES string of the molecule is Cc1c(Br)cc(CNC2CC2)cc1S(=O)(=O)NC1(C)CC1. The fourth-order valence-corrected chi connectivity index (χ4v) is 4.73. The minimum Gasteiger partial charge on any atom is -0.310 e. The van der Waals surface area contributed by atoms with Crippen LogP contribution in [-0.2, 0) is 16.6 Å². The van der Waals surface area contributed by atoms with Gasteiger partial charge in [-0.05, 0) is 62.8 Å². The summed E-state index contributed by atoms with van der Waals surface area (Å²) in [5.41, 5.74) is 1.52. The zero-order valence-electron chi connectivity index (χ0n) is 12.4. The van der Waals surface area contributed by atoms with Crippen molar-refractivity contribution in [1.29, 1.82) is 0 Å². The molecule has 1 aromatic carbocycles. The lowest BCUT2D eigenvalue weighted by molar-refractivity contribution is 0.557. The highest BCUT2D eigenvalue weighted by Gasteiger charge is 2.41. The maximum Gasteiger partial charge on any atom is 0.241 e. The zero-order valence-corrected chi connectivity index (χ0v) is 14.8. The summed E-state index contributed by atoms with van der Waals surface area (Å²) in [4.78, 5) is 0.387. The predicted molar refractivity (Wildman–Crippen MR) is 86.7 cm³/mol. The van der Waals surface area contributed by atoms with Gasteiger partial charge in [0.2, 0.25) is 10.0 Å². The summed E-state index contributed by atoms with van der Waals surface area (Å²) in [7, 11) is -3.46. The van der Waals surface area contributed by atoms with Crippen LogP contribution in [0.25, 0.3) is 0 Å². The van der Waals surface area contributed by atoms with E-state index in [1.807, 2.05) is 19.9 Å². The zero-order chi connectivity index (χ0) is 15.3. The van der Waals surface area contributed by atoms with E-state index in [-0.39, 0.29) is 5.54 Å². The van der Waals surface area contributed by atoms with Crippen LogP contribution in [-0.4, -0.2) is 20.0 Å². The summed E-state index contributed by atoms with van der Waals surface area (Å²) in [5.74, 6) is 0. The third-order valence-electron chi connectivity index (χ3n) is 4.20. The van der Waals surface area contributed by atoms with E-state index in [1.165, 1.54) is 12.8 Å². The second kappa shape index (κ2) is 5.33. The molecule has 2 N–H and O–H groups in total. The Kier molecular flexibility index (Phi) is 3.93. The Morgan fingerprint density at radius 1 is 1.33 bits per heavy atom. The normalized spacial score (nSPS) is 20.5. The third-order valence-corrected chi connectivity index (χ3v) is 6.79. The van der Waals surface area contributed by atoms with Crippen LogP contribution in [0.3, 0.4) is 0 Å². The van der Waals surface area contributed by atoms with Crippen molar-refractivity contribution in [3.8, 4) is 0 Å². The molecule has 2 saturated carbocycles. The van der Waals surface area contributed by atoms with Crippen molar-refractivity contribution in [2.24, 2.45) is 0 Å². The van der Waals surface area contributed by atoms with E-state index < -0.39 is 10.0 Å². The summed E-state index contributed by atoms with van der Waals surface area (Å²) < 4.78 is 28.9. The summed E-state index contributed by atoms with van der Waals surface area (Å²) in [5, 5.41) is 3.42. The highest BCUT2D eigenvalue weighted by molar-refractivity contribution is 9.10. The first kappa shape index (κ1) is 15.5. The molecular formula is C15H21BrN2O2S. The third kappa shape index (κ3) is 3.67. The number of sulfonamides is 1. The van der Waals surface area contributed by atoms with Crippen LogP contribution in [0.4, 0.5) is 0 Å². The number of hydrogen-bond acceptors (Lipinski definition) is 3. The lowest BCUT2D eigenvalue weighted by atomic mass is 10.1. The van der Waals surface area contributed by atoms with Gasteiger partial charge in [0.15, 0.2) is 0 Å². The molecule has 4 nitrogen and oxygen atoms in total. The summed E-state index contributed by atoms with van der Waals surface area (Å²) in [6.07, 6.45) is 4.26. The maximum absolute atomic E-state index is 12.6.